The van der Waals surface area contributed by atoms with Crippen LogP contribution in [-0.2, 0) is 24.5 Å². The number of carboxylic acid groups (broad SMARTS) is 1. The SMILES string of the molecule is Cc1c(CCC(=O)O)ccc(OCc2c(C3CC(F)(F)C3)nsc2CF)c1C. The molecule has 0 spiro atoms. The van der Waals surface area contributed by atoms with E-state index >= 15 is 0 Å². The standard InChI is InChI=1S/C20H22F3NO3S/c1-11-12(2)16(5-3-13(11)4-6-18(25)26)27-10-15-17(9-21)28-24-19(15)14-7-20(22,23)8-14/h3,5,14H,4,6-10H2,1-2H3,(H,25,26). The number of hydrogen-bond acceptors (Lipinski definition) is 4. The zero-order chi connectivity index (χ0) is 20.5. The van der Waals surface area contributed by atoms with Crippen molar-refractivity contribution in [3.8, 4) is 5.75 Å². The van der Waals surface area contributed by atoms with Gasteiger partial charge in [-0.1, -0.05) is 6.07 Å². The first-order valence-corrected chi connectivity index (χ1v) is 9.84. The summed E-state index contributed by atoms with van der Waals surface area (Å²) < 4.78 is 49.9. The van der Waals surface area contributed by atoms with Crippen molar-refractivity contribution in [2.75, 3.05) is 0 Å². The molecule has 1 heterocycles. The van der Waals surface area contributed by atoms with Gasteiger partial charge in [0.2, 0.25) is 5.92 Å². The van der Waals surface area contributed by atoms with Crippen LogP contribution in [0.1, 0.15) is 58.0 Å². The smallest absolute Gasteiger partial charge is 0.303 e. The van der Waals surface area contributed by atoms with E-state index in [2.05, 4.69) is 4.37 Å². The van der Waals surface area contributed by atoms with Crippen molar-refractivity contribution < 1.29 is 27.8 Å². The Kier molecular flexibility index (Phi) is 5.98. The first-order chi connectivity index (χ1) is 13.2. The van der Waals surface area contributed by atoms with E-state index in [0.717, 1.165) is 28.2 Å². The molecule has 8 heteroatoms. The average Bonchev–Trinajstić information content (AvgIpc) is 3.02. The highest BCUT2D eigenvalue weighted by molar-refractivity contribution is 7.06. The maximum absolute atomic E-state index is 13.3. The number of rotatable bonds is 8. The minimum absolute atomic E-state index is 0.0519. The summed E-state index contributed by atoms with van der Waals surface area (Å²) in [7, 11) is 0. The van der Waals surface area contributed by atoms with Gasteiger partial charge in [-0.05, 0) is 54.6 Å². The summed E-state index contributed by atoms with van der Waals surface area (Å²) in [4.78, 5) is 11.2. The zero-order valence-corrected chi connectivity index (χ0v) is 16.5. The highest BCUT2D eigenvalue weighted by atomic mass is 32.1. The third-order valence-electron chi connectivity index (χ3n) is 5.33. The van der Waals surface area contributed by atoms with Crippen LogP contribution in [0.4, 0.5) is 13.2 Å². The van der Waals surface area contributed by atoms with Gasteiger partial charge >= 0.3 is 5.97 Å². The monoisotopic (exact) mass is 413 g/mol. The quantitative estimate of drug-likeness (QED) is 0.635. The summed E-state index contributed by atoms with van der Waals surface area (Å²) >= 11 is 1.00. The van der Waals surface area contributed by atoms with Gasteiger partial charge < -0.3 is 9.84 Å². The largest absolute Gasteiger partial charge is 0.489 e. The number of hydrogen-bond donors (Lipinski definition) is 1. The van der Waals surface area contributed by atoms with Crippen LogP contribution in [0.3, 0.4) is 0 Å². The second kappa shape index (κ2) is 8.11. The number of nitrogens with zero attached hydrogens (tertiary/aromatic N) is 1. The molecule has 152 valence electrons. The molecular weight excluding hydrogens is 391 g/mol. The zero-order valence-electron chi connectivity index (χ0n) is 15.7. The summed E-state index contributed by atoms with van der Waals surface area (Å²) in [5.74, 6) is -3.26. The molecule has 1 aromatic carbocycles. The number of halogens is 3. The van der Waals surface area contributed by atoms with Crippen molar-refractivity contribution in [1.82, 2.24) is 4.37 Å². The van der Waals surface area contributed by atoms with Crippen LogP contribution in [0.25, 0.3) is 0 Å². The maximum atomic E-state index is 13.3. The van der Waals surface area contributed by atoms with Crippen molar-refractivity contribution >= 4 is 17.5 Å². The van der Waals surface area contributed by atoms with Crippen molar-refractivity contribution in [2.45, 2.75) is 64.7 Å². The molecule has 1 aliphatic rings. The first-order valence-electron chi connectivity index (χ1n) is 9.06. The van der Waals surface area contributed by atoms with Crippen molar-refractivity contribution in [3.05, 3.63) is 45.0 Å². The summed E-state index contributed by atoms with van der Waals surface area (Å²) in [5, 5.41) is 8.85. The Hall–Kier alpha value is -2.09. The molecule has 1 saturated carbocycles. The molecule has 3 rings (SSSR count). The molecule has 1 aromatic heterocycles. The molecule has 1 aliphatic carbocycles. The lowest BCUT2D eigenvalue weighted by Crippen LogP contribution is -2.34. The molecular formula is C20H22F3NO3S. The number of benzene rings is 1. The molecule has 4 nitrogen and oxygen atoms in total. The number of ether oxygens (including phenoxy) is 1. The fourth-order valence-corrected chi connectivity index (χ4v) is 4.25. The summed E-state index contributed by atoms with van der Waals surface area (Å²) in [6.07, 6.45) is -0.0309. The Morgan fingerprint density at radius 2 is 2.04 bits per heavy atom. The number of carboxylic acids is 1. The van der Waals surface area contributed by atoms with Crippen LogP contribution in [0.2, 0.25) is 0 Å². The summed E-state index contributed by atoms with van der Waals surface area (Å²) in [6, 6.07) is 3.60. The van der Waals surface area contributed by atoms with E-state index in [4.69, 9.17) is 9.84 Å². The number of aliphatic carboxylic acids is 1. The van der Waals surface area contributed by atoms with Crippen molar-refractivity contribution in [3.63, 3.8) is 0 Å². The summed E-state index contributed by atoms with van der Waals surface area (Å²) in [5.41, 5.74) is 3.86. The second-order valence-corrected chi connectivity index (χ2v) is 8.08. The normalized spacial score (nSPS) is 16.0. The van der Waals surface area contributed by atoms with E-state index in [0.29, 0.717) is 28.3 Å². The van der Waals surface area contributed by atoms with Gasteiger partial charge in [-0.15, -0.1) is 0 Å². The Morgan fingerprint density at radius 3 is 2.64 bits per heavy atom. The number of aromatic nitrogens is 1. The van der Waals surface area contributed by atoms with Crippen LogP contribution in [0.5, 0.6) is 5.75 Å². The lowest BCUT2D eigenvalue weighted by Gasteiger charge is -2.34. The van der Waals surface area contributed by atoms with Gasteiger partial charge in [0.25, 0.3) is 0 Å². The highest BCUT2D eigenvalue weighted by Crippen LogP contribution is 2.49. The predicted molar refractivity (Wildman–Crippen MR) is 100 cm³/mol. The molecule has 0 bridgehead atoms. The molecule has 0 atom stereocenters. The van der Waals surface area contributed by atoms with E-state index in [-0.39, 0.29) is 31.8 Å². The third kappa shape index (κ3) is 4.32. The third-order valence-corrected chi connectivity index (χ3v) is 6.19. The fraction of sp³-hybridized carbons (Fsp3) is 0.500. The fourth-order valence-electron chi connectivity index (χ4n) is 3.46. The van der Waals surface area contributed by atoms with Gasteiger partial charge in [0.1, 0.15) is 19.0 Å². The van der Waals surface area contributed by atoms with Crippen molar-refractivity contribution in [2.24, 2.45) is 0 Å². The molecule has 0 saturated heterocycles. The molecule has 1 fully saturated rings. The molecule has 1 N–H and O–H groups in total. The molecule has 0 unspecified atom stereocenters. The van der Waals surface area contributed by atoms with E-state index in [1.165, 1.54) is 0 Å². The minimum atomic E-state index is -2.66. The molecule has 0 amide bonds. The molecule has 0 radical (unpaired) electrons. The van der Waals surface area contributed by atoms with Gasteiger partial charge in [0.05, 0.1) is 10.6 Å². The van der Waals surface area contributed by atoms with Crippen LogP contribution in [0.15, 0.2) is 12.1 Å². The van der Waals surface area contributed by atoms with Crippen LogP contribution in [-0.4, -0.2) is 21.4 Å². The van der Waals surface area contributed by atoms with Gasteiger partial charge in [0, 0.05) is 30.7 Å². The Morgan fingerprint density at radius 1 is 1.32 bits per heavy atom. The van der Waals surface area contributed by atoms with E-state index in [1.54, 1.807) is 6.07 Å². The predicted octanol–water partition coefficient (Wildman–Crippen LogP) is 5.34. The Balaban J connectivity index is 1.75. The first kappa shape index (κ1) is 20.6. The minimum Gasteiger partial charge on any atom is -0.489 e. The van der Waals surface area contributed by atoms with Crippen LogP contribution < -0.4 is 4.74 Å². The molecule has 0 aliphatic heterocycles. The summed E-state index contributed by atoms with van der Waals surface area (Å²) in [6.45, 7) is 3.15. The molecule has 28 heavy (non-hydrogen) atoms. The Labute approximate surface area is 165 Å². The highest BCUT2D eigenvalue weighted by Gasteiger charge is 2.47. The van der Waals surface area contributed by atoms with E-state index < -0.39 is 18.6 Å². The van der Waals surface area contributed by atoms with Gasteiger partial charge in [-0.3, -0.25) is 4.79 Å². The van der Waals surface area contributed by atoms with Crippen LogP contribution in [0, 0.1) is 13.8 Å². The second-order valence-electron chi connectivity index (χ2n) is 7.22. The number of carbonyl (C=O) groups is 1. The van der Waals surface area contributed by atoms with Gasteiger partial charge in [-0.2, -0.15) is 4.37 Å². The van der Waals surface area contributed by atoms with Crippen LogP contribution >= 0.6 is 11.5 Å². The van der Waals surface area contributed by atoms with E-state index in [1.807, 2.05) is 19.9 Å². The average molecular weight is 413 g/mol. The number of aryl methyl sites for hydroxylation is 1. The number of alkyl halides is 3. The van der Waals surface area contributed by atoms with E-state index in [9.17, 15) is 18.0 Å². The van der Waals surface area contributed by atoms with Gasteiger partial charge in [0.15, 0.2) is 0 Å². The Bertz CT molecular complexity index is 874. The topological polar surface area (TPSA) is 59.4 Å². The molecule has 2 aromatic rings. The lowest BCUT2D eigenvalue weighted by molar-refractivity contribution is -0.136. The lowest BCUT2D eigenvalue weighted by atomic mass is 9.78. The maximum Gasteiger partial charge on any atom is 0.303 e. The van der Waals surface area contributed by atoms with Gasteiger partial charge in [-0.25, -0.2) is 13.2 Å². The van der Waals surface area contributed by atoms with Crippen molar-refractivity contribution in [1.29, 1.82) is 0 Å².